The van der Waals surface area contributed by atoms with E-state index in [9.17, 15) is 5.11 Å². The molecule has 1 atom stereocenters. The minimum absolute atomic E-state index is 0.222. The van der Waals surface area contributed by atoms with Crippen LogP contribution in [-0.4, -0.2) is 59.3 Å². The van der Waals surface area contributed by atoms with E-state index in [1.165, 1.54) is 42.8 Å². The number of β-amino-alcohol motifs (C(OH)–C–C–N with tert-alkyl or cyclic N) is 1. The molecule has 0 saturated carbocycles. The molecule has 134 valence electrons. The Labute approximate surface area is 146 Å². The molecule has 1 unspecified atom stereocenters. The first-order valence-corrected chi connectivity index (χ1v) is 9.51. The van der Waals surface area contributed by atoms with Gasteiger partial charge in [-0.2, -0.15) is 0 Å². The maximum atomic E-state index is 9.54. The largest absolute Gasteiger partial charge is 0.392 e. The van der Waals surface area contributed by atoms with E-state index in [1.807, 2.05) is 13.8 Å². The van der Waals surface area contributed by atoms with Gasteiger partial charge in [-0.15, -0.1) is 0 Å². The molecule has 0 radical (unpaired) electrons. The molecule has 1 aliphatic carbocycles. The van der Waals surface area contributed by atoms with Gasteiger partial charge in [-0.05, 0) is 71.4 Å². The summed E-state index contributed by atoms with van der Waals surface area (Å²) in [4.78, 5) is 14.2. The predicted molar refractivity (Wildman–Crippen MR) is 97.5 cm³/mol. The smallest absolute Gasteiger partial charge is 0.135 e. The lowest BCUT2D eigenvalue weighted by atomic mass is 9.94. The number of hydrogen-bond acceptors (Lipinski definition) is 5. The minimum atomic E-state index is -0.222. The first-order chi connectivity index (χ1) is 11.5. The van der Waals surface area contributed by atoms with Gasteiger partial charge in [-0.25, -0.2) is 9.97 Å². The van der Waals surface area contributed by atoms with Gasteiger partial charge in [0.25, 0.3) is 0 Å². The van der Waals surface area contributed by atoms with Gasteiger partial charge in [-0.3, -0.25) is 0 Å². The fraction of sp³-hybridized carbons (Fsp3) is 0.789. The molecule has 1 aliphatic heterocycles. The number of fused-ring (bicyclic) bond motifs is 1. The lowest BCUT2D eigenvalue weighted by Gasteiger charge is -2.35. The second-order valence-corrected chi connectivity index (χ2v) is 7.70. The van der Waals surface area contributed by atoms with Crippen LogP contribution in [0.25, 0.3) is 0 Å². The number of piperidine rings is 1. The molecule has 1 N–H and O–H groups in total. The van der Waals surface area contributed by atoms with E-state index in [0.717, 1.165) is 50.8 Å². The molecule has 1 saturated heterocycles. The van der Waals surface area contributed by atoms with E-state index in [1.54, 1.807) is 0 Å². The van der Waals surface area contributed by atoms with Crippen molar-refractivity contribution in [3.63, 3.8) is 0 Å². The van der Waals surface area contributed by atoms with Crippen molar-refractivity contribution in [2.75, 3.05) is 38.1 Å². The van der Waals surface area contributed by atoms with E-state index in [4.69, 9.17) is 4.98 Å². The maximum Gasteiger partial charge on any atom is 0.135 e. The normalized spacial score (nSPS) is 20.7. The summed E-state index contributed by atoms with van der Waals surface area (Å²) >= 11 is 0. The van der Waals surface area contributed by atoms with Crippen LogP contribution in [0, 0.1) is 12.8 Å². The Kier molecular flexibility index (Phi) is 5.72. The molecular weight excluding hydrogens is 300 g/mol. The van der Waals surface area contributed by atoms with Gasteiger partial charge < -0.3 is 14.9 Å². The number of anilines is 1. The van der Waals surface area contributed by atoms with Crippen molar-refractivity contribution in [2.24, 2.45) is 5.92 Å². The second kappa shape index (κ2) is 7.79. The van der Waals surface area contributed by atoms with Gasteiger partial charge in [0.1, 0.15) is 11.6 Å². The highest BCUT2D eigenvalue weighted by Gasteiger charge is 2.24. The van der Waals surface area contributed by atoms with Crippen LogP contribution in [0.2, 0.25) is 0 Å². The highest BCUT2D eigenvalue weighted by Crippen LogP contribution is 2.29. The monoisotopic (exact) mass is 332 g/mol. The van der Waals surface area contributed by atoms with E-state index >= 15 is 0 Å². The Morgan fingerprint density at radius 2 is 1.92 bits per heavy atom. The Hall–Kier alpha value is -1.20. The molecule has 0 aromatic carbocycles. The molecule has 1 aromatic rings. The zero-order valence-electron chi connectivity index (χ0n) is 15.5. The van der Waals surface area contributed by atoms with Crippen LogP contribution in [0.4, 0.5) is 5.82 Å². The van der Waals surface area contributed by atoms with Crippen molar-refractivity contribution in [1.82, 2.24) is 14.9 Å². The zero-order chi connectivity index (χ0) is 17.1. The van der Waals surface area contributed by atoms with Crippen molar-refractivity contribution in [1.29, 1.82) is 0 Å². The third-order valence-corrected chi connectivity index (χ3v) is 5.40. The van der Waals surface area contributed by atoms with Crippen molar-refractivity contribution >= 4 is 5.82 Å². The summed E-state index contributed by atoms with van der Waals surface area (Å²) in [6.45, 7) is 7.97. The van der Waals surface area contributed by atoms with Crippen LogP contribution in [0.5, 0.6) is 0 Å². The van der Waals surface area contributed by atoms with E-state index in [0.29, 0.717) is 0 Å². The predicted octanol–water partition coefficient (Wildman–Crippen LogP) is 2.19. The second-order valence-electron chi connectivity index (χ2n) is 7.70. The van der Waals surface area contributed by atoms with Crippen LogP contribution in [0.15, 0.2) is 0 Å². The highest BCUT2D eigenvalue weighted by atomic mass is 16.3. The van der Waals surface area contributed by atoms with Crippen molar-refractivity contribution in [3.8, 4) is 0 Å². The van der Waals surface area contributed by atoms with E-state index < -0.39 is 0 Å². The maximum absolute atomic E-state index is 9.54. The van der Waals surface area contributed by atoms with Crippen LogP contribution >= 0.6 is 0 Å². The fourth-order valence-electron chi connectivity index (χ4n) is 4.21. The molecule has 5 heteroatoms. The van der Waals surface area contributed by atoms with Crippen molar-refractivity contribution in [2.45, 2.75) is 58.5 Å². The van der Waals surface area contributed by atoms with E-state index in [-0.39, 0.29) is 6.10 Å². The average molecular weight is 332 g/mol. The van der Waals surface area contributed by atoms with Gasteiger partial charge in [0.15, 0.2) is 0 Å². The van der Waals surface area contributed by atoms with Gasteiger partial charge in [0, 0.05) is 31.4 Å². The summed E-state index contributed by atoms with van der Waals surface area (Å²) in [5.41, 5.74) is 2.67. The number of aromatic nitrogens is 2. The molecule has 2 heterocycles. The number of aryl methyl sites for hydroxylation is 2. The van der Waals surface area contributed by atoms with Crippen LogP contribution < -0.4 is 4.90 Å². The molecule has 2 aliphatic rings. The van der Waals surface area contributed by atoms with Gasteiger partial charge >= 0.3 is 0 Å². The zero-order valence-corrected chi connectivity index (χ0v) is 15.5. The molecule has 24 heavy (non-hydrogen) atoms. The Morgan fingerprint density at radius 3 is 2.62 bits per heavy atom. The number of aliphatic hydroxyl groups is 1. The topological polar surface area (TPSA) is 52.5 Å². The van der Waals surface area contributed by atoms with E-state index in [2.05, 4.69) is 21.8 Å². The van der Waals surface area contributed by atoms with Gasteiger partial charge in [0.2, 0.25) is 0 Å². The number of aliphatic hydroxyl groups excluding tert-OH is 1. The van der Waals surface area contributed by atoms with Crippen LogP contribution in [-0.2, 0) is 12.8 Å². The summed E-state index contributed by atoms with van der Waals surface area (Å²) in [5.74, 6) is 2.79. The van der Waals surface area contributed by atoms with Crippen LogP contribution in [0.1, 0.15) is 49.7 Å². The fourth-order valence-corrected chi connectivity index (χ4v) is 4.21. The third kappa shape index (κ3) is 4.25. The molecule has 5 nitrogen and oxygen atoms in total. The SMILES string of the molecule is Cc1nc2c(c(N(C)CC3CCN(CC(C)O)CC3)n1)CCCC2. The Bertz CT molecular complexity index is 553. The number of nitrogens with zero attached hydrogens (tertiary/aromatic N) is 4. The minimum Gasteiger partial charge on any atom is -0.392 e. The molecule has 1 aromatic heterocycles. The third-order valence-electron chi connectivity index (χ3n) is 5.40. The summed E-state index contributed by atoms with van der Waals surface area (Å²) < 4.78 is 0. The molecule has 0 amide bonds. The number of likely N-dealkylation sites (tertiary alicyclic amines) is 1. The first-order valence-electron chi connectivity index (χ1n) is 9.51. The molecule has 0 spiro atoms. The Morgan fingerprint density at radius 1 is 1.21 bits per heavy atom. The van der Waals surface area contributed by atoms with Crippen LogP contribution in [0.3, 0.4) is 0 Å². The standard InChI is InChI=1S/C19H32N4O/c1-14(24)12-23-10-8-16(9-11-23)13-22(3)19-17-6-4-5-7-18(17)20-15(2)21-19/h14,16,24H,4-13H2,1-3H3. The summed E-state index contributed by atoms with van der Waals surface area (Å²) in [5, 5.41) is 9.54. The highest BCUT2D eigenvalue weighted by molar-refractivity contribution is 5.49. The molecule has 0 bridgehead atoms. The Balaban J connectivity index is 1.62. The lowest BCUT2D eigenvalue weighted by molar-refractivity contribution is 0.101. The molecule has 3 rings (SSSR count). The van der Waals surface area contributed by atoms with Crippen molar-refractivity contribution < 1.29 is 5.11 Å². The molecular formula is C19H32N4O. The quantitative estimate of drug-likeness (QED) is 0.896. The summed E-state index contributed by atoms with van der Waals surface area (Å²) in [6, 6.07) is 0. The summed E-state index contributed by atoms with van der Waals surface area (Å²) in [7, 11) is 2.19. The number of rotatable bonds is 5. The van der Waals surface area contributed by atoms with Gasteiger partial charge in [0.05, 0.1) is 6.10 Å². The first kappa shape index (κ1) is 17.6. The van der Waals surface area contributed by atoms with Crippen molar-refractivity contribution in [3.05, 3.63) is 17.1 Å². The van der Waals surface area contributed by atoms with Gasteiger partial charge in [-0.1, -0.05) is 0 Å². The number of hydrogen-bond donors (Lipinski definition) is 1. The lowest BCUT2D eigenvalue weighted by Crippen LogP contribution is -2.41. The average Bonchev–Trinajstić information content (AvgIpc) is 2.55. The molecule has 1 fully saturated rings. The summed E-state index contributed by atoms with van der Waals surface area (Å²) in [6.07, 6.45) is 6.96.